The lowest BCUT2D eigenvalue weighted by Crippen LogP contribution is -1.97. The molecule has 0 amide bonds. The molecular formula is C12H9N3O2. The maximum atomic E-state index is 10.3. The zero-order valence-electron chi connectivity index (χ0n) is 8.83. The van der Waals surface area contributed by atoms with Crippen LogP contribution >= 0.6 is 0 Å². The number of para-hydroxylation sites is 1. The van der Waals surface area contributed by atoms with Crippen molar-refractivity contribution in [1.29, 1.82) is 0 Å². The van der Waals surface area contributed by atoms with Gasteiger partial charge in [-0.25, -0.2) is 0 Å². The van der Waals surface area contributed by atoms with Gasteiger partial charge in [0.15, 0.2) is 11.6 Å². The van der Waals surface area contributed by atoms with E-state index in [1.165, 1.54) is 24.3 Å². The molecular weight excluding hydrogens is 218 g/mol. The van der Waals surface area contributed by atoms with Gasteiger partial charge in [0.2, 0.25) is 0 Å². The minimum Gasteiger partial charge on any atom is -0.290 e. The fourth-order valence-corrected chi connectivity index (χ4v) is 1.23. The quantitative estimate of drug-likeness (QED) is 0.686. The van der Waals surface area contributed by atoms with Gasteiger partial charge < -0.3 is 0 Å². The number of hydrogen-bond donors (Lipinski definition) is 1. The van der Waals surface area contributed by atoms with Crippen LogP contribution in [-0.4, -0.2) is 27.0 Å². The van der Waals surface area contributed by atoms with Gasteiger partial charge in [-0.05, 0) is 36.4 Å². The lowest BCUT2D eigenvalue weighted by Gasteiger charge is -1.87. The van der Waals surface area contributed by atoms with Gasteiger partial charge in [-0.3, -0.25) is 14.7 Å². The second kappa shape index (κ2) is 4.98. The highest BCUT2D eigenvalue weighted by Crippen LogP contribution is 2.03. The molecule has 17 heavy (non-hydrogen) atoms. The number of H-pyrrole nitrogens is 1. The van der Waals surface area contributed by atoms with Gasteiger partial charge in [0, 0.05) is 0 Å². The Morgan fingerprint density at radius 2 is 1.47 bits per heavy atom. The van der Waals surface area contributed by atoms with E-state index in [1.54, 1.807) is 0 Å². The molecule has 0 saturated carbocycles. The highest BCUT2D eigenvalue weighted by Gasteiger charge is 1.97. The van der Waals surface area contributed by atoms with Crippen molar-refractivity contribution in [3.63, 3.8) is 0 Å². The summed E-state index contributed by atoms with van der Waals surface area (Å²) < 4.78 is 0. The van der Waals surface area contributed by atoms with Crippen LogP contribution in [0.3, 0.4) is 0 Å². The highest BCUT2D eigenvalue weighted by molar-refractivity contribution is 6.14. The number of carbonyl (C=O) groups is 2. The third kappa shape index (κ3) is 2.94. The second-order valence-corrected chi connectivity index (χ2v) is 3.30. The van der Waals surface area contributed by atoms with Crippen molar-refractivity contribution in [2.24, 2.45) is 0 Å². The molecule has 0 bridgehead atoms. The standard InChI is InChI=1S/C6H5N3.C6H4O2/c1-2-4-6-5(3-1)7-9-8-6;7-5-1-2-6(8)4-3-5/h1-4H,(H,7,8,9);1-4H. The molecule has 1 aromatic carbocycles. The molecule has 0 unspecified atom stereocenters. The number of aromatic amines is 1. The summed E-state index contributed by atoms with van der Waals surface area (Å²) in [6, 6.07) is 7.74. The van der Waals surface area contributed by atoms with Gasteiger partial charge in [-0.1, -0.05) is 17.3 Å². The van der Waals surface area contributed by atoms with Crippen LogP contribution in [0.2, 0.25) is 0 Å². The Morgan fingerprint density at radius 1 is 0.882 bits per heavy atom. The SMILES string of the molecule is O=C1C=CC(=O)C=C1.c1ccc2[nH]nnc2c1. The van der Waals surface area contributed by atoms with Crippen molar-refractivity contribution in [3.8, 4) is 0 Å². The van der Waals surface area contributed by atoms with E-state index in [0.29, 0.717) is 0 Å². The van der Waals surface area contributed by atoms with Crippen LogP contribution in [0, 0.1) is 0 Å². The van der Waals surface area contributed by atoms with Crippen LogP contribution in [0.5, 0.6) is 0 Å². The second-order valence-electron chi connectivity index (χ2n) is 3.30. The summed E-state index contributed by atoms with van der Waals surface area (Å²) in [5.41, 5.74) is 1.90. The molecule has 0 atom stereocenters. The molecule has 1 heterocycles. The van der Waals surface area contributed by atoms with Crippen molar-refractivity contribution in [2.75, 3.05) is 0 Å². The van der Waals surface area contributed by atoms with Crippen LogP contribution in [0.4, 0.5) is 0 Å². The number of allylic oxidation sites excluding steroid dienone is 4. The van der Waals surface area contributed by atoms with Crippen LogP contribution in [0.25, 0.3) is 11.0 Å². The Morgan fingerprint density at radius 3 is 2.06 bits per heavy atom. The Hall–Kier alpha value is -2.56. The lowest BCUT2D eigenvalue weighted by atomic mass is 10.2. The molecule has 1 aliphatic rings. The Kier molecular flexibility index (Phi) is 3.20. The molecule has 1 aromatic heterocycles. The molecule has 0 radical (unpaired) electrons. The van der Waals surface area contributed by atoms with E-state index in [0.717, 1.165) is 11.0 Å². The molecule has 3 rings (SSSR count). The fraction of sp³-hybridized carbons (Fsp3) is 0. The smallest absolute Gasteiger partial charge is 0.178 e. The van der Waals surface area contributed by atoms with E-state index >= 15 is 0 Å². The summed E-state index contributed by atoms with van der Waals surface area (Å²) in [6.07, 6.45) is 5.01. The number of aromatic nitrogens is 3. The summed E-state index contributed by atoms with van der Waals surface area (Å²) in [7, 11) is 0. The first-order valence-electron chi connectivity index (χ1n) is 4.95. The minimum atomic E-state index is -0.121. The molecule has 0 saturated heterocycles. The Labute approximate surface area is 96.8 Å². The summed E-state index contributed by atoms with van der Waals surface area (Å²) >= 11 is 0. The molecule has 84 valence electrons. The van der Waals surface area contributed by atoms with Gasteiger partial charge in [-0.15, -0.1) is 5.10 Å². The number of nitrogens with zero attached hydrogens (tertiary/aromatic N) is 2. The first kappa shape index (κ1) is 10.9. The normalized spacial score (nSPS) is 13.6. The number of benzene rings is 1. The van der Waals surface area contributed by atoms with Gasteiger partial charge in [0.25, 0.3) is 0 Å². The van der Waals surface area contributed by atoms with Gasteiger partial charge in [-0.2, -0.15) is 0 Å². The van der Waals surface area contributed by atoms with Gasteiger partial charge in [0.1, 0.15) is 5.52 Å². The monoisotopic (exact) mass is 227 g/mol. The molecule has 2 aromatic rings. The first-order valence-corrected chi connectivity index (χ1v) is 4.95. The third-order valence-corrected chi connectivity index (χ3v) is 2.06. The van der Waals surface area contributed by atoms with E-state index < -0.39 is 0 Å². The number of fused-ring (bicyclic) bond motifs is 1. The maximum Gasteiger partial charge on any atom is 0.178 e. The fourth-order valence-electron chi connectivity index (χ4n) is 1.23. The number of ketones is 2. The number of nitrogens with one attached hydrogen (secondary N) is 1. The largest absolute Gasteiger partial charge is 0.290 e. The van der Waals surface area contributed by atoms with E-state index in [-0.39, 0.29) is 11.6 Å². The summed E-state index contributed by atoms with van der Waals surface area (Å²) in [5, 5.41) is 10.2. The zero-order valence-corrected chi connectivity index (χ0v) is 8.83. The lowest BCUT2D eigenvalue weighted by molar-refractivity contribution is -0.113. The van der Waals surface area contributed by atoms with Crippen LogP contribution < -0.4 is 0 Å². The summed E-state index contributed by atoms with van der Waals surface area (Å²) in [6.45, 7) is 0. The van der Waals surface area contributed by atoms with Crippen molar-refractivity contribution in [1.82, 2.24) is 15.4 Å². The molecule has 1 N–H and O–H groups in total. The van der Waals surface area contributed by atoms with Crippen molar-refractivity contribution >= 4 is 22.6 Å². The zero-order chi connectivity index (χ0) is 12.1. The average molecular weight is 227 g/mol. The predicted octanol–water partition coefficient (Wildman–Crippen LogP) is 1.21. The Bertz CT molecular complexity index is 543. The van der Waals surface area contributed by atoms with Gasteiger partial charge >= 0.3 is 0 Å². The van der Waals surface area contributed by atoms with Crippen LogP contribution in [0.1, 0.15) is 0 Å². The number of rotatable bonds is 0. The average Bonchev–Trinajstić information content (AvgIpc) is 2.82. The molecule has 0 spiro atoms. The van der Waals surface area contributed by atoms with Crippen LogP contribution in [0.15, 0.2) is 48.6 Å². The van der Waals surface area contributed by atoms with E-state index in [1.807, 2.05) is 24.3 Å². The third-order valence-electron chi connectivity index (χ3n) is 2.06. The van der Waals surface area contributed by atoms with Crippen molar-refractivity contribution in [3.05, 3.63) is 48.6 Å². The molecule has 5 nitrogen and oxygen atoms in total. The van der Waals surface area contributed by atoms with Crippen LogP contribution in [-0.2, 0) is 9.59 Å². The molecule has 0 aliphatic heterocycles. The molecule has 0 fully saturated rings. The first-order chi connectivity index (χ1) is 8.25. The van der Waals surface area contributed by atoms with Gasteiger partial charge in [0.05, 0.1) is 5.52 Å². The summed E-state index contributed by atoms with van der Waals surface area (Å²) in [4.78, 5) is 20.6. The predicted molar refractivity (Wildman–Crippen MR) is 62.2 cm³/mol. The van der Waals surface area contributed by atoms with Crippen molar-refractivity contribution in [2.45, 2.75) is 0 Å². The van der Waals surface area contributed by atoms with E-state index in [4.69, 9.17) is 0 Å². The number of carbonyl (C=O) groups excluding carboxylic acids is 2. The molecule has 5 heteroatoms. The topological polar surface area (TPSA) is 75.7 Å². The minimum absolute atomic E-state index is 0.121. The molecule has 1 aliphatic carbocycles. The Balaban J connectivity index is 0.000000128. The maximum absolute atomic E-state index is 10.3. The highest BCUT2D eigenvalue weighted by atomic mass is 16.1. The van der Waals surface area contributed by atoms with E-state index in [9.17, 15) is 9.59 Å². The van der Waals surface area contributed by atoms with Crippen molar-refractivity contribution < 1.29 is 9.59 Å². The van der Waals surface area contributed by atoms with E-state index in [2.05, 4.69) is 15.4 Å². The number of hydrogen-bond acceptors (Lipinski definition) is 4. The summed E-state index contributed by atoms with van der Waals surface area (Å²) in [5.74, 6) is -0.241.